The topological polar surface area (TPSA) is 59.0 Å². The molecule has 0 fully saturated rings. The molecule has 0 bridgehead atoms. The molecule has 2 heterocycles. The van der Waals surface area contributed by atoms with Crippen molar-refractivity contribution >= 4 is 22.5 Å². The number of nitrogens with zero attached hydrogens (tertiary/aromatic N) is 3. The standard InChI is InChI=1S/C19H23N5/c1-5-14-13(2)15(12-20)19-22-16-8-6-7-9-17(16)24(19)18(14)21-10-11-23(3)4/h6-9H,5,10-11H2,1-4H3,(H,21,22)/p+1. The van der Waals surface area contributed by atoms with E-state index in [9.17, 15) is 5.26 Å². The molecule has 0 aliphatic carbocycles. The molecular weight excluding hydrogens is 298 g/mol. The Kier molecular flexibility index (Phi) is 4.41. The van der Waals surface area contributed by atoms with E-state index in [-0.39, 0.29) is 0 Å². The summed E-state index contributed by atoms with van der Waals surface area (Å²) in [6.07, 6.45) is 0.882. The second kappa shape index (κ2) is 6.50. The summed E-state index contributed by atoms with van der Waals surface area (Å²) in [7, 11) is 4.14. The van der Waals surface area contributed by atoms with E-state index in [1.54, 1.807) is 0 Å². The minimum absolute atomic E-state index is 0.723. The van der Waals surface area contributed by atoms with Crippen LogP contribution in [0.3, 0.4) is 0 Å². The quantitative estimate of drug-likeness (QED) is 0.710. The molecule has 5 heteroatoms. The van der Waals surface area contributed by atoms with Crippen LogP contribution in [0.5, 0.6) is 0 Å². The van der Waals surface area contributed by atoms with Crippen LogP contribution in [0.2, 0.25) is 0 Å². The summed E-state index contributed by atoms with van der Waals surface area (Å²) in [5.41, 5.74) is 5.97. The number of aromatic amines is 1. The number of anilines is 1. The molecule has 0 aliphatic rings. The maximum atomic E-state index is 9.69. The molecule has 0 amide bonds. The molecule has 124 valence electrons. The molecule has 24 heavy (non-hydrogen) atoms. The number of hydrogen-bond acceptors (Lipinski definition) is 3. The van der Waals surface area contributed by atoms with Crippen LogP contribution >= 0.6 is 0 Å². The van der Waals surface area contributed by atoms with Crippen molar-refractivity contribution in [3.63, 3.8) is 0 Å². The Morgan fingerprint density at radius 2 is 2.04 bits per heavy atom. The van der Waals surface area contributed by atoms with Gasteiger partial charge in [-0.2, -0.15) is 9.66 Å². The Balaban J connectivity index is 2.32. The number of hydrogen-bond donors (Lipinski definition) is 2. The molecule has 0 saturated carbocycles. The number of fused-ring (bicyclic) bond motifs is 3. The highest BCUT2D eigenvalue weighted by atomic mass is 15.1. The van der Waals surface area contributed by atoms with Crippen molar-refractivity contribution in [2.24, 2.45) is 0 Å². The van der Waals surface area contributed by atoms with E-state index in [1.807, 2.05) is 25.1 Å². The lowest BCUT2D eigenvalue weighted by Crippen LogP contribution is -2.32. The van der Waals surface area contributed by atoms with Gasteiger partial charge in [-0.1, -0.05) is 19.1 Å². The summed E-state index contributed by atoms with van der Waals surface area (Å²) >= 11 is 0. The lowest BCUT2D eigenvalue weighted by Gasteiger charge is -2.14. The Bertz CT molecular complexity index is 930. The SMILES string of the molecule is CCc1c(C)c(C#N)c2[nH]c3ccccc3[n+]2c1NCCN(C)C. The Labute approximate surface area is 142 Å². The second-order valence-corrected chi connectivity index (χ2v) is 6.35. The molecule has 3 rings (SSSR count). The van der Waals surface area contributed by atoms with Crippen LogP contribution in [-0.4, -0.2) is 37.1 Å². The third-order valence-corrected chi connectivity index (χ3v) is 4.51. The van der Waals surface area contributed by atoms with Gasteiger partial charge in [0.05, 0.1) is 6.54 Å². The van der Waals surface area contributed by atoms with Gasteiger partial charge in [0.15, 0.2) is 0 Å². The van der Waals surface area contributed by atoms with Crippen molar-refractivity contribution in [1.82, 2.24) is 9.88 Å². The molecule has 0 saturated heterocycles. The number of nitrogens with one attached hydrogen (secondary N) is 2. The van der Waals surface area contributed by atoms with Gasteiger partial charge in [0, 0.05) is 12.1 Å². The van der Waals surface area contributed by atoms with Crippen LogP contribution in [0.1, 0.15) is 23.6 Å². The third kappa shape index (κ3) is 2.59. The van der Waals surface area contributed by atoms with Crippen molar-refractivity contribution < 1.29 is 4.40 Å². The van der Waals surface area contributed by atoms with Crippen LogP contribution < -0.4 is 9.72 Å². The van der Waals surface area contributed by atoms with E-state index in [2.05, 4.69) is 52.8 Å². The summed E-state index contributed by atoms with van der Waals surface area (Å²) in [5, 5.41) is 13.3. The van der Waals surface area contributed by atoms with Gasteiger partial charge in [0.25, 0.3) is 0 Å². The average Bonchev–Trinajstić information content (AvgIpc) is 2.93. The molecule has 2 N–H and O–H groups in total. The highest BCUT2D eigenvalue weighted by Gasteiger charge is 2.24. The van der Waals surface area contributed by atoms with Gasteiger partial charge in [0.2, 0.25) is 11.5 Å². The first kappa shape index (κ1) is 16.3. The Morgan fingerprint density at radius 1 is 1.29 bits per heavy atom. The number of H-pyrrole nitrogens is 1. The fraction of sp³-hybridized carbons (Fsp3) is 0.368. The van der Waals surface area contributed by atoms with Crippen molar-refractivity contribution in [2.45, 2.75) is 20.3 Å². The normalized spacial score (nSPS) is 11.3. The summed E-state index contributed by atoms with van der Waals surface area (Å²) in [6.45, 7) is 5.99. The molecule has 3 aromatic rings. The minimum atomic E-state index is 0.723. The highest BCUT2D eigenvalue weighted by Crippen LogP contribution is 2.25. The first-order valence-corrected chi connectivity index (χ1v) is 8.35. The van der Waals surface area contributed by atoms with Crippen molar-refractivity contribution in [3.8, 4) is 6.07 Å². The maximum Gasteiger partial charge on any atom is 0.250 e. The molecule has 5 nitrogen and oxygen atoms in total. The molecule has 0 aliphatic heterocycles. The zero-order valence-corrected chi connectivity index (χ0v) is 14.8. The number of nitriles is 1. The van der Waals surface area contributed by atoms with Crippen LogP contribution in [0, 0.1) is 18.3 Å². The fourth-order valence-corrected chi connectivity index (χ4v) is 3.28. The molecule has 0 atom stereocenters. The van der Waals surface area contributed by atoms with Crippen molar-refractivity contribution in [2.75, 3.05) is 32.5 Å². The third-order valence-electron chi connectivity index (χ3n) is 4.51. The fourth-order valence-electron chi connectivity index (χ4n) is 3.28. The van der Waals surface area contributed by atoms with Crippen LogP contribution in [0.25, 0.3) is 16.7 Å². The lowest BCUT2D eigenvalue weighted by molar-refractivity contribution is -0.465. The Morgan fingerprint density at radius 3 is 2.71 bits per heavy atom. The zero-order chi connectivity index (χ0) is 17.3. The van der Waals surface area contributed by atoms with Gasteiger partial charge < -0.3 is 10.2 Å². The smallest absolute Gasteiger partial charge is 0.250 e. The molecule has 2 aromatic heterocycles. The molecule has 1 aromatic carbocycles. The van der Waals surface area contributed by atoms with Crippen LogP contribution in [-0.2, 0) is 6.42 Å². The van der Waals surface area contributed by atoms with Gasteiger partial charge in [-0.3, -0.25) is 4.98 Å². The number of pyridine rings is 1. The van der Waals surface area contributed by atoms with E-state index in [4.69, 9.17) is 0 Å². The van der Waals surface area contributed by atoms with Gasteiger partial charge in [-0.25, -0.2) is 0 Å². The maximum absolute atomic E-state index is 9.69. The van der Waals surface area contributed by atoms with E-state index in [0.717, 1.165) is 53.1 Å². The number of benzene rings is 1. The number of aromatic nitrogens is 2. The number of para-hydroxylation sites is 2. The monoisotopic (exact) mass is 322 g/mol. The molecular formula is C19H24N5+. The minimum Gasteiger partial charge on any atom is -0.306 e. The van der Waals surface area contributed by atoms with Gasteiger partial charge in [-0.15, -0.1) is 0 Å². The van der Waals surface area contributed by atoms with Gasteiger partial charge >= 0.3 is 0 Å². The van der Waals surface area contributed by atoms with E-state index in [0.29, 0.717) is 0 Å². The predicted molar refractivity (Wildman–Crippen MR) is 97.3 cm³/mol. The van der Waals surface area contributed by atoms with Crippen molar-refractivity contribution in [1.29, 1.82) is 5.26 Å². The molecule has 0 spiro atoms. The lowest BCUT2D eigenvalue weighted by atomic mass is 10.0. The van der Waals surface area contributed by atoms with Gasteiger partial charge in [0.1, 0.15) is 22.7 Å². The summed E-state index contributed by atoms with van der Waals surface area (Å²) in [5.74, 6) is 1.09. The van der Waals surface area contributed by atoms with Crippen LogP contribution in [0.4, 0.5) is 5.82 Å². The number of rotatable bonds is 5. The first-order valence-electron chi connectivity index (χ1n) is 8.35. The van der Waals surface area contributed by atoms with E-state index in [1.165, 1.54) is 5.56 Å². The summed E-state index contributed by atoms with van der Waals surface area (Å²) in [4.78, 5) is 5.58. The second-order valence-electron chi connectivity index (χ2n) is 6.35. The summed E-state index contributed by atoms with van der Waals surface area (Å²) < 4.78 is 2.16. The van der Waals surface area contributed by atoms with Crippen molar-refractivity contribution in [3.05, 3.63) is 41.0 Å². The van der Waals surface area contributed by atoms with E-state index < -0.39 is 0 Å². The average molecular weight is 322 g/mol. The van der Waals surface area contributed by atoms with E-state index >= 15 is 0 Å². The zero-order valence-electron chi connectivity index (χ0n) is 14.8. The number of imidazole rings is 1. The number of likely N-dealkylation sites (N-methyl/N-ethyl adjacent to an activating group) is 1. The molecule has 0 unspecified atom stereocenters. The van der Waals surface area contributed by atoms with Gasteiger partial charge in [-0.05, 0) is 45.1 Å². The largest absolute Gasteiger partial charge is 0.306 e. The predicted octanol–water partition coefficient (Wildman–Crippen LogP) is 2.62. The Hall–Kier alpha value is -2.58. The van der Waals surface area contributed by atoms with Crippen LogP contribution in [0.15, 0.2) is 24.3 Å². The highest BCUT2D eigenvalue weighted by molar-refractivity contribution is 5.78. The summed E-state index contributed by atoms with van der Waals surface area (Å²) in [6, 6.07) is 10.6. The molecule has 0 radical (unpaired) electrons. The first-order chi connectivity index (χ1) is 11.6.